The molecule has 2 aromatic rings. The monoisotopic (exact) mass is 258 g/mol. The molecule has 2 aromatic carbocycles. The summed E-state index contributed by atoms with van der Waals surface area (Å²) in [5, 5.41) is 18.2. The molecule has 0 atom stereocenters. The minimum atomic E-state index is -1.07. The van der Waals surface area contributed by atoms with E-state index in [1.165, 1.54) is 36.4 Å². The van der Waals surface area contributed by atoms with E-state index in [4.69, 9.17) is 9.84 Å². The molecule has 0 fully saturated rings. The molecule has 0 aliphatic carbocycles. The third kappa shape index (κ3) is 2.90. The zero-order valence-electron chi connectivity index (χ0n) is 9.74. The molecule has 2 rings (SSSR count). The molecular formula is C14H10O5. The van der Waals surface area contributed by atoms with Crippen LogP contribution in [0.3, 0.4) is 0 Å². The highest BCUT2D eigenvalue weighted by atomic mass is 16.5. The van der Waals surface area contributed by atoms with E-state index < -0.39 is 11.9 Å². The predicted molar refractivity (Wildman–Crippen MR) is 66.5 cm³/mol. The fourth-order valence-corrected chi connectivity index (χ4v) is 1.45. The molecule has 5 nitrogen and oxygen atoms in total. The van der Waals surface area contributed by atoms with Crippen LogP contribution >= 0.6 is 0 Å². The van der Waals surface area contributed by atoms with Gasteiger partial charge in [-0.2, -0.15) is 0 Å². The van der Waals surface area contributed by atoms with Gasteiger partial charge in [0.25, 0.3) is 0 Å². The lowest BCUT2D eigenvalue weighted by Gasteiger charge is -2.06. The average Bonchev–Trinajstić information content (AvgIpc) is 2.41. The number of benzene rings is 2. The second-order valence-corrected chi connectivity index (χ2v) is 3.74. The Hall–Kier alpha value is -2.82. The van der Waals surface area contributed by atoms with Gasteiger partial charge < -0.3 is 14.9 Å². The van der Waals surface area contributed by atoms with E-state index in [2.05, 4.69) is 0 Å². The fourth-order valence-electron chi connectivity index (χ4n) is 1.45. The number of rotatable bonds is 3. The van der Waals surface area contributed by atoms with Crippen molar-refractivity contribution >= 4 is 11.9 Å². The molecule has 0 aromatic heterocycles. The summed E-state index contributed by atoms with van der Waals surface area (Å²) >= 11 is 0. The molecule has 0 radical (unpaired) electrons. The Morgan fingerprint density at radius 1 is 0.895 bits per heavy atom. The molecule has 0 saturated heterocycles. The van der Waals surface area contributed by atoms with Crippen molar-refractivity contribution in [2.75, 3.05) is 0 Å². The van der Waals surface area contributed by atoms with Crippen molar-refractivity contribution in [3.8, 4) is 11.5 Å². The van der Waals surface area contributed by atoms with E-state index >= 15 is 0 Å². The van der Waals surface area contributed by atoms with E-state index in [0.29, 0.717) is 0 Å². The van der Waals surface area contributed by atoms with Crippen LogP contribution in [0.2, 0.25) is 0 Å². The zero-order valence-corrected chi connectivity index (χ0v) is 9.74. The Bertz CT molecular complexity index is 616. The maximum atomic E-state index is 11.8. The van der Waals surface area contributed by atoms with Crippen LogP contribution in [0.4, 0.5) is 0 Å². The van der Waals surface area contributed by atoms with Crippen molar-refractivity contribution in [1.29, 1.82) is 0 Å². The predicted octanol–water partition coefficient (Wildman–Crippen LogP) is 2.31. The maximum absolute atomic E-state index is 11.8. The van der Waals surface area contributed by atoms with Crippen LogP contribution in [0, 0.1) is 0 Å². The second kappa shape index (κ2) is 5.22. The molecule has 0 unspecified atom stereocenters. The van der Waals surface area contributed by atoms with Crippen LogP contribution in [0.5, 0.6) is 11.5 Å². The number of carbonyl (C=O) groups is 2. The Labute approximate surface area is 108 Å². The number of hydrogen-bond acceptors (Lipinski definition) is 4. The molecule has 19 heavy (non-hydrogen) atoms. The zero-order chi connectivity index (χ0) is 13.8. The summed E-state index contributed by atoms with van der Waals surface area (Å²) in [5.41, 5.74) is 0.285. The Morgan fingerprint density at radius 3 is 2.05 bits per heavy atom. The smallest absolute Gasteiger partial charge is 0.343 e. The van der Waals surface area contributed by atoms with Gasteiger partial charge in [0, 0.05) is 0 Å². The number of esters is 1. The molecule has 0 saturated carbocycles. The summed E-state index contributed by atoms with van der Waals surface area (Å²) in [5.74, 6) is -1.83. The van der Waals surface area contributed by atoms with Crippen LogP contribution in [0.25, 0.3) is 0 Å². The number of aromatic hydroxyl groups is 1. The van der Waals surface area contributed by atoms with Crippen LogP contribution in [0.15, 0.2) is 48.5 Å². The molecule has 5 heteroatoms. The number of carbonyl (C=O) groups excluding carboxylic acids is 1. The minimum Gasteiger partial charge on any atom is -0.504 e. The molecular weight excluding hydrogens is 248 g/mol. The van der Waals surface area contributed by atoms with Crippen molar-refractivity contribution in [1.82, 2.24) is 0 Å². The SMILES string of the molecule is O=C(O)c1ccc(C(=O)Oc2ccccc2O)cc1. The average molecular weight is 258 g/mol. The number of ether oxygens (including phenoxy) is 1. The molecule has 0 bridgehead atoms. The fraction of sp³-hybridized carbons (Fsp3) is 0. The Balaban J connectivity index is 2.16. The van der Waals surface area contributed by atoms with Crippen LogP contribution in [0.1, 0.15) is 20.7 Å². The largest absolute Gasteiger partial charge is 0.504 e. The molecule has 0 aliphatic rings. The number of para-hydroxylation sites is 2. The maximum Gasteiger partial charge on any atom is 0.343 e. The van der Waals surface area contributed by atoms with Gasteiger partial charge in [-0.1, -0.05) is 12.1 Å². The summed E-state index contributed by atoms with van der Waals surface area (Å²) in [6.07, 6.45) is 0. The van der Waals surface area contributed by atoms with Crippen LogP contribution in [-0.4, -0.2) is 22.2 Å². The van der Waals surface area contributed by atoms with Crippen molar-refractivity contribution < 1.29 is 24.5 Å². The lowest BCUT2D eigenvalue weighted by Crippen LogP contribution is -2.09. The highest BCUT2D eigenvalue weighted by Crippen LogP contribution is 2.25. The van der Waals surface area contributed by atoms with Gasteiger partial charge in [0.2, 0.25) is 0 Å². The van der Waals surface area contributed by atoms with Gasteiger partial charge >= 0.3 is 11.9 Å². The van der Waals surface area contributed by atoms with Crippen LogP contribution in [-0.2, 0) is 0 Å². The standard InChI is InChI=1S/C14H10O5/c15-11-3-1-2-4-12(11)19-14(18)10-7-5-9(6-8-10)13(16)17/h1-8,15H,(H,16,17). The summed E-state index contributed by atoms with van der Waals surface area (Å²) in [7, 11) is 0. The van der Waals surface area contributed by atoms with E-state index in [9.17, 15) is 14.7 Å². The van der Waals surface area contributed by atoms with Gasteiger partial charge in [0.05, 0.1) is 11.1 Å². The van der Waals surface area contributed by atoms with Crippen molar-refractivity contribution in [3.05, 3.63) is 59.7 Å². The summed E-state index contributed by atoms with van der Waals surface area (Å²) in [6, 6.07) is 11.4. The lowest BCUT2D eigenvalue weighted by molar-refractivity contribution is 0.0691. The van der Waals surface area contributed by atoms with Gasteiger partial charge in [-0.3, -0.25) is 0 Å². The first-order valence-corrected chi connectivity index (χ1v) is 5.41. The first kappa shape index (κ1) is 12.6. The van der Waals surface area contributed by atoms with Crippen molar-refractivity contribution in [2.24, 2.45) is 0 Å². The van der Waals surface area contributed by atoms with E-state index in [1.54, 1.807) is 12.1 Å². The van der Waals surface area contributed by atoms with E-state index in [0.717, 1.165) is 0 Å². The molecule has 0 spiro atoms. The quantitative estimate of drug-likeness (QED) is 0.652. The van der Waals surface area contributed by atoms with Gasteiger partial charge in [-0.05, 0) is 36.4 Å². The Kier molecular flexibility index (Phi) is 3.47. The lowest BCUT2D eigenvalue weighted by atomic mass is 10.1. The van der Waals surface area contributed by atoms with Gasteiger partial charge in [-0.25, -0.2) is 9.59 Å². The number of phenols is 1. The molecule has 96 valence electrons. The van der Waals surface area contributed by atoms with Crippen molar-refractivity contribution in [3.63, 3.8) is 0 Å². The van der Waals surface area contributed by atoms with Crippen LogP contribution < -0.4 is 4.74 Å². The molecule has 0 aliphatic heterocycles. The topological polar surface area (TPSA) is 83.8 Å². The minimum absolute atomic E-state index is 0.0508. The molecule has 0 amide bonds. The summed E-state index contributed by atoms with van der Waals surface area (Å²) < 4.78 is 5.00. The first-order chi connectivity index (χ1) is 9.08. The third-order valence-corrected chi connectivity index (χ3v) is 2.44. The normalized spacial score (nSPS) is 9.89. The molecule has 0 heterocycles. The summed E-state index contributed by atoms with van der Waals surface area (Å²) in [6.45, 7) is 0. The number of phenolic OH excluding ortho intramolecular Hbond substituents is 1. The number of aromatic carboxylic acids is 1. The van der Waals surface area contributed by atoms with Crippen molar-refractivity contribution in [2.45, 2.75) is 0 Å². The highest BCUT2D eigenvalue weighted by molar-refractivity contribution is 5.93. The van der Waals surface area contributed by atoms with E-state index in [1.807, 2.05) is 0 Å². The van der Waals surface area contributed by atoms with Gasteiger partial charge in [0.15, 0.2) is 11.5 Å². The number of hydrogen-bond donors (Lipinski definition) is 2. The first-order valence-electron chi connectivity index (χ1n) is 5.41. The Morgan fingerprint density at radius 2 is 1.47 bits per heavy atom. The van der Waals surface area contributed by atoms with Gasteiger partial charge in [0.1, 0.15) is 0 Å². The van der Waals surface area contributed by atoms with E-state index in [-0.39, 0.29) is 22.6 Å². The summed E-state index contributed by atoms with van der Waals surface area (Å²) in [4.78, 5) is 22.4. The second-order valence-electron chi connectivity index (χ2n) is 3.74. The third-order valence-electron chi connectivity index (χ3n) is 2.44. The van der Waals surface area contributed by atoms with Gasteiger partial charge in [-0.15, -0.1) is 0 Å². The number of carboxylic acid groups (broad SMARTS) is 1. The number of carboxylic acids is 1. The molecule has 2 N–H and O–H groups in total. The highest BCUT2D eigenvalue weighted by Gasteiger charge is 2.12.